The van der Waals surface area contributed by atoms with Crippen LogP contribution >= 0.6 is 0 Å². The Kier molecular flexibility index (Phi) is 6.73. The lowest BCUT2D eigenvalue weighted by Gasteiger charge is -2.45. The van der Waals surface area contributed by atoms with E-state index in [1.54, 1.807) is 0 Å². The van der Waals surface area contributed by atoms with Gasteiger partial charge in [-0.2, -0.15) is 5.26 Å². The molecule has 0 saturated carbocycles. The Bertz CT molecular complexity index is 909. The fraction of sp³-hybridized carbons (Fsp3) is 0.409. The first-order chi connectivity index (χ1) is 14.3. The number of ether oxygens (including phenoxy) is 2. The van der Waals surface area contributed by atoms with Crippen LogP contribution in [-0.2, 0) is 16.9 Å². The molecule has 1 aliphatic rings. The van der Waals surface area contributed by atoms with Gasteiger partial charge in [-0.15, -0.1) is 0 Å². The molecule has 1 saturated heterocycles. The summed E-state index contributed by atoms with van der Waals surface area (Å²) in [6.45, 7) is 1.78. The third-order valence-electron chi connectivity index (χ3n) is 5.23. The van der Waals surface area contributed by atoms with Crippen LogP contribution in [0.1, 0.15) is 29.2 Å². The van der Waals surface area contributed by atoms with Gasteiger partial charge in [-0.1, -0.05) is 18.2 Å². The van der Waals surface area contributed by atoms with Gasteiger partial charge in [-0.3, -0.25) is 0 Å². The molecule has 1 heterocycles. The van der Waals surface area contributed by atoms with Crippen molar-refractivity contribution in [2.75, 3.05) is 13.2 Å². The Morgan fingerprint density at radius 2 is 1.80 bits per heavy atom. The fourth-order valence-electron chi connectivity index (χ4n) is 3.55. The first-order valence-electron chi connectivity index (χ1n) is 9.64. The lowest BCUT2D eigenvalue weighted by atomic mass is 9.86. The summed E-state index contributed by atoms with van der Waals surface area (Å²) in [5.41, 5.74) is 1.94. The summed E-state index contributed by atoms with van der Waals surface area (Å²) < 4.78 is 10.8. The zero-order valence-electron chi connectivity index (χ0n) is 16.5. The molecule has 0 aromatic heterocycles. The average molecular weight is 415 g/mol. The molecule has 1 fully saturated rings. The minimum atomic E-state index is -2.37. The molecule has 5 atom stereocenters. The van der Waals surface area contributed by atoms with Gasteiger partial charge in [-0.25, -0.2) is 0 Å². The smallest absolute Gasteiger partial charge is 0.222 e. The predicted octanol–water partition coefficient (Wildman–Crippen LogP) is 0.167. The monoisotopic (exact) mass is 415 g/mol. The summed E-state index contributed by atoms with van der Waals surface area (Å²) in [6.07, 6.45) is -6.08. The molecular weight excluding hydrogens is 390 g/mol. The molecule has 1 aliphatic heterocycles. The number of benzene rings is 2. The number of nitrogens with zero attached hydrogens (tertiary/aromatic N) is 1. The SMILES string of the molecule is CCOc1ccc(Cc2cc([C@@]3(O)O[C@H](CO)[C@@H](O)[C@H](O)[C@H]3O)ccc2C#N)cc1. The summed E-state index contributed by atoms with van der Waals surface area (Å²) >= 11 is 0. The van der Waals surface area contributed by atoms with Crippen molar-refractivity contribution in [1.82, 2.24) is 0 Å². The van der Waals surface area contributed by atoms with Crippen LogP contribution in [-0.4, -0.2) is 63.2 Å². The van der Waals surface area contributed by atoms with Gasteiger partial charge in [0.2, 0.25) is 5.79 Å². The van der Waals surface area contributed by atoms with E-state index in [-0.39, 0.29) is 5.56 Å². The molecule has 2 aromatic rings. The van der Waals surface area contributed by atoms with E-state index in [0.717, 1.165) is 11.3 Å². The normalized spacial score (nSPS) is 28.7. The zero-order valence-corrected chi connectivity index (χ0v) is 16.5. The van der Waals surface area contributed by atoms with Crippen molar-refractivity contribution in [2.45, 2.75) is 43.5 Å². The summed E-state index contributed by atoms with van der Waals surface area (Å²) in [6, 6.07) is 13.9. The molecular formula is C22H25NO7. The standard InChI is InChI=1S/C22H25NO7/c1-2-29-17-7-3-13(4-8-17)9-15-10-16(6-5-14(15)11-23)22(28)21(27)20(26)19(25)18(12-24)30-22/h3-8,10,18-21,24-28H,2,9,12H2,1H3/t18-,19-,20+,21-,22-/m1/s1. The Balaban J connectivity index is 1.94. The van der Waals surface area contributed by atoms with Gasteiger partial charge in [0.25, 0.3) is 0 Å². The maximum absolute atomic E-state index is 11.0. The van der Waals surface area contributed by atoms with Gasteiger partial charge in [0.1, 0.15) is 30.2 Å². The quantitative estimate of drug-likeness (QED) is 0.449. The van der Waals surface area contributed by atoms with E-state index in [1.165, 1.54) is 18.2 Å². The van der Waals surface area contributed by atoms with Gasteiger partial charge in [-0.05, 0) is 48.7 Å². The van der Waals surface area contributed by atoms with E-state index in [0.29, 0.717) is 24.2 Å². The second-order valence-electron chi connectivity index (χ2n) is 7.20. The van der Waals surface area contributed by atoms with Gasteiger partial charge in [0.05, 0.1) is 24.8 Å². The summed E-state index contributed by atoms with van der Waals surface area (Å²) in [5.74, 6) is -1.64. The first-order valence-corrected chi connectivity index (χ1v) is 9.64. The number of nitriles is 1. The number of aliphatic hydroxyl groups excluding tert-OH is 4. The van der Waals surface area contributed by atoms with E-state index in [4.69, 9.17) is 9.47 Å². The summed E-state index contributed by atoms with van der Waals surface area (Å²) in [4.78, 5) is 0. The molecule has 0 spiro atoms. The maximum atomic E-state index is 11.0. The van der Waals surface area contributed by atoms with Crippen LogP contribution in [0.2, 0.25) is 0 Å². The van der Waals surface area contributed by atoms with Gasteiger partial charge < -0.3 is 35.0 Å². The van der Waals surface area contributed by atoms with Crippen molar-refractivity contribution in [3.05, 3.63) is 64.7 Å². The third kappa shape index (κ3) is 4.18. The Hall–Kier alpha value is -2.51. The topological polar surface area (TPSA) is 143 Å². The van der Waals surface area contributed by atoms with Crippen molar-refractivity contribution in [2.24, 2.45) is 0 Å². The van der Waals surface area contributed by atoms with Crippen molar-refractivity contribution < 1.29 is 35.0 Å². The highest BCUT2D eigenvalue weighted by atomic mass is 16.7. The van der Waals surface area contributed by atoms with Gasteiger partial charge in [0.15, 0.2) is 0 Å². The Morgan fingerprint density at radius 1 is 1.10 bits per heavy atom. The largest absolute Gasteiger partial charge is 0.494 e. The molecule has 8 nitrogen and oxygen atoms in total. The van der Waals surface area contributed by atoms with Crippen molar-refractivity contribution >= 4 is 0 Å². The van der Waals surface area contributed by atoms with Crippen molar-refractivity contribution in [3.8, 4) is 11.8 Å². The van der Waals surface area contributed by atoms with Crippen LogP contribution < -0.4 is 4.74 Å². The minimum Gasteiger partial charge on any atom is -0.494 e. The molecule has 0 aliphatic carbocycles. The van der Waals surface area contributed by atoms with Crippen LogP contribution in [0, 0.1) is 11.3 Å². The second kappa shape index (κ2) is 9.10. The van der Waals surface area contributed by atoms with E-state index < -0.39 is 36.8 Å². The highest BCUT2D eigenvalue weighted by molar-refractivity contribution is 5.45. The van der Waals surface area contributed by atoms with Crippen LogP contribution in [0.15, 0.2) is 42.5 Å². The van der Waals surface area contributed by atoms with E-state index in [2.05, 4.69) is 6.07 Å². The van der Waals surface area contributed by atoms with Crippen LogP contribution in [0.3, 0.4) is 0 Å². The predicted molar refractivity (Wildman–Crippen MR) is 105 cm³/mol. The summed E-state index contributed by atoms with van der Waals surface area (Å²) in [7, 11) is 0. The van der Waals surface area contributed by atoms with Crippen LogP contribution in [0.25, 0.3) is 0 Å². The lowest BCUT2D eigenvalue weighted by Crippen LogP contribution is -2.63. The highest BCUT2D eigenvalue weighted by Gasteiger charge is 2.53. The van der Waals surface area contributed by atoms with E-state index in [1.807, 2.05) is 31.2 Å². The molecule has 3 rings (SSSR count). The highest BCUT2D eigenvalue weighted by Crippen LogP contribution is 2.37. The Labute approximate surface area is 174 Å². The molecule has 2 aromatic carbocycles. The van der Waals surface area contributed by atoms with Crippen molar-refractivity contribution in [1.29, 1.82) is 5.26 Å². The fourth-order valence-corrected chi connectivity index (χ4v) is 3.55. The number of hydrogen-bond acceptors (Lipinski definition) is 8. The molecule has 5 N–H and O–H groups in total. The van der Waals surface area contributed by atoms with Crippen LogP contribution in [0.5, 0.6) is 5.75 Å². The van der Waals surface area contributed by atoms with Crippen molar-refractivity contribution in [3.63, 3.8) is 0 Å². The average Bonchev–Trinajstić information content (AvgIpc) is 2.76. The Morgan fingerprint density at radius 3 is 2.40 bits per heavy atom. The van der Waals surface area contributed by atoms with Gasteiger partial charge >= 0.3 is 0 Å². The number of aliphatic hydroxyl groups is 5. The molecule has 0 amide bonds. The third-order valence-corrected chi connectivity index (χ3v) is 5.23. The molecule has 160 valence electrons. The number of hydrogen-bond donors (Lipinski definition) is 5. The first kappa shape index (κ1) is 22.2. The molecule has 0 bridgehead atoms. The molecule has 8 heteroatoms. The zero-order chi connectivity index (χ0) is 21.9. The maximum Gasteiger partial charge on any atom is 0.222 e. The number of rotatable bonds is 6. The van der Waals surface area contributed by atoms with E-state index in [9.17, 15) is 30.8 Å². The minimum absolute atomic E-state index is 0.0966. The van der Waals surface area contributed by atoms with E-state index >= 15 is 0 Å². The molecule has 30 heavy (non-hydrogen) atoms. The van der Waals surface area contributed by atoms with Crippen LogP contribution in [0.4, 0.5) is 0 Å². The molecule has 0 radical (unpaired) electrons. The lowest BCUT2D eigenvalue weighted by molar-refractivity contribution is -0.357. The molecule has 0 unspecified atom stereocenters. The summed E-state index contributed by atoms with van der Waals surface area (Å²) in [5, 5.41) is 60.3. The second-order valence-corrected chi connectivity index (χ2v) is 7.20. The van der Waals surface area contributed by atoms with Gasteiger partial charge in [0, 0.05) is 5.56 Å².